The topological polar surface area (TPSA) is 16.4 Å². The number of rotatable bonds is 5. The molecule has 2 heteroatoms. The first-order valence-electron chi connectivity index (χ1n) is 17.7. The average molecular weight is 654 g/mol. The summed E-state index contributed by atoms with van der Waals surface area (Å²) in [6.45, 7) is 4.70. The van der Waals surface area contributed by atoms with Gasteiger partial charge < -0.3 is 9.32 Å². The minimum atomic E-state index is -0.0964. The number of anilines is 3. The fourth-order valence-electron chi connectivity index (χ4n) is 8.32. The molecule has 1 heterocycles. The van der Waals surface area contributed by atoms with Gasteiger partial charge in [0.25, 0.3) is 0 Å². The molecule has 0 bridgehead atoms. The monoisotopic (exact) mass is 653 g/mol. The Morgan fingerprint density at radius 1 is 0.431 bits per heavy atom. The molecule has 0 N–H and O–H groups in total. The molecule has 0 atom stereocenters. The molecule has 0 aliphatic heterocycles. The Kier molecular flexibility index (Phi) is 6.56. The van der Waals surface area contributed by atoms with Crippen LogP contribution in [0.3, 0.4) is 0 Å². The van der Waals surface area contributed by atoms with Crippen LogP contribution in [0.25, 0.3) is 66.1 Å². The Morgan fingerprint density at radius 3 is 1.98 bits per heavy atom. The summed E-state index contributed by atoms with van der Waals surface area (Å²) in [5.41, 5.74) is 15.3. The molecule has 242 valence electrons. The Bertz CT molecular complexity index is 2770. The van der Waals surface area contributed by atoms with Crippen molar-refractivity contribution >= 4 is 49.8 Å². The summed E-state index contributed by atoms with van der Waals surface area (Å²) in [4.78, 5) is 2.42. The van der Waals surface area contributed by atoms with Crippen LogP contribution < -0.4 is 4.90 Å². The molecule has 1 aliphatic carbocycles. The van der Waals surface area contributed by atoms with Crippen molar-refractivity contribution in [2.75, 3.05) is 4.90 Å². The second-order valence-electron chi connectivity index (χ2n) is 14.1. The summed E-state index contributed by atoms with van der Waals surface area (Å²) >= 11 is 0. The van der Waals surface area contributed by atoms with Crippen LogP contribution in [0.1, 0.15) is 25.0 Å². The van der Waals surface area contributed by atoms with Gasteiger partial charge in [0.1, 0.15) is 11.2 Å². The van der Waals surface area contributed by atoms with Gasteiger partial charge in [-0.25, -0.2) is 0 Å². The molecule has 51 heavy (non-hydrogen) atoms. The van der Waals surface area contributed by atoms with E-state index in [1.807, 2.05) is 12.1 Å². The van der Waals surface area contributed by atoms with Crippen LogP contribution in [-0.2, 0) is 5.41 Å². The van der Waals surface area contributed by atoms with Crippen LogP contribution in [0.4, 0.5) is 17.1 Å². The van der Waals surface area contributed by atoms with Gasteiger partial charge in [-0.2, -0.15) is 0 Å². The van der Waals surface area contributed by atoms with Gasteiger partial charge >= 0.3 is 0 Å². The molecule has 0 saturated heterocycles. The summed E-state index contributed by atoms with van der Waals surface area (Å²) in [7, 11) is 0. The van der Waals surface area contributed by atoms with E-state index in [4.69, 9.17) is 4.42 Å². The lowest BCUT2D eigenvalue weighted by atomic mass is 9.82. The van der Waals surface area contributed by atoms with Gasteiger partial charge in [0, 0.05) is 33.1 Å². The third kappa shape index (κ3) is 4.64. The van der Waals surface area contributed by atoms with Crippen molar-refractivity contribution in [3.05, 3.63) is 187 Å². The summed E-state index contributed by atoms with van der Waals surface area (Å²) in [5.74, 6) is 0. The maximum atomic E-state index is 6.17. The molecule has 0 amide bonds. The van der Waals surface area contributed by atoms with Gasteiger partial charge in [0.15, 0.2) is 0 Å². The molecule has 1 aromatic heterocycles. The predicted octanol–water partition coefficient (Wildman–Crippen LogP) is 13.8. The summed E-state index contributed by atoms with van der Waals surface area (Å²) in [6, 6.07) is 63.7. The molecule has 9 aromatic rings. The molecule has 10 rings (SSSR count). The number of benzene rings is 8. The maximum absolute atomic E-state index is 6.17. The summed E-state index contributed by atoms with van der Waals surface area (Å²) < 4.78 is 6.17. The van der Waals surface area contributed by atoms with Gasteiger partial charge in [0.2, 0.25) is 0 Å². The van der Waals surface area contributed by atoms with Crippen molar-refractivity contribution in [1.82, 2.24) is 0 Å². The molecular weight excluding hydrogens is 619 g/mol. The van der Waals surface area contributed by atoms with Gasteiger partial charge in [0.05, 0.1) is 5.69 Å². The molecule has 0 fully saturated rings. The van der Waals surface area contributed by atoms with Crippen molar-refractivity contribution < 1.29 is 4.42 Å². The van der Waals surface area contributed by atoms with Crippen LogP contribution in [0, 0.1) is 0 Å². The smallest absolute Gasteiger partial charge is 0.136 e. The molecule has 1 aliphatic rings. The standard InChI is InChI=1S/C49H35NO/c1-49(2)43-17-9-6-15-40(43)41-28-26-37(31-44(41)49)50(45-18-10-7-14-38(45)33-12-4-3-5-13-33)36-24-20-32(21-25-36)34-22-27-39-35(30-34)23-29-47-48(39)42-16-8-11-19-46(42)51-47/h3-31H,1-2H3. The average Bonchev–Trinajstić information content (AvgIpc) is 3.68. The first kappa shape index (κ1) is 29.5. The molecule has 0 spiro atoms. The fourth-order valence-corrected chi connectivity index (χ4v) is 8.32. The van der Waals surface area contributed by atoms with Gasteiger partial charge in [-0.05, 0) is 98.2 Å². The second-order valence-corrected chi connectivity index (χ2v) is 14.1. The van der Waals surface area contributed by atoms with Crippen LogP contribution in [0.15, 0.2) is 180 Å². The molecule has 0 saturated carbocycles. The van der Waals surface area contributed by atoms with E-state index in [0.29, 0.717) is 0 Å². The summed E-state index contributed by atoms with van der Waals surface area (Å²) in [6.07, 6.45) is 0. The van der Waals surface area contributed by atoms with Crippen molar-refractivity contribution in [3.8, 4) is 33.4 Å². The van der Waals surface area contributed by atoms with E-state index in [1.54, 1.807) is 0 Å². The Morgan fingerprint density at radius 2 is 1.12 bits per heavy atom. The van der Waals surface area contributed by atoms with Crippen LogP contribution in [-0.4, -0.2) is 0 Å². The highest BCUT2D eigenvalue weighted by Crippen LogP contribution is 2.51. The van der Waals surface area contributed by atoms with Gasteiger partial charge in [-0.1, -0.05) is 141 Å². The predicted molar refractivity (Wildman–Crippen MR) is 214 cm³/mol. The van der Waals surface area contributed by atoms with Crippen LogP contribution in [0.5, 0.6) is 0 Å². The number of nitrogens with zero attached hydrogens (tertiary/aromatic N) is 1. The third-order valence-corrected chi connectivity index (χ3v) is 10.9. The normalized spacial score (nSPS) is 13.1. The first-order chi connectivity index (χ1) is 25.0. The minimum Gasteiger partial charge on any atom is -0.456 e. The number of hydrogen-bond acceptors (Lipinski definition) is 2. The highest BCUT2D eigenvalue weighted by atomic mass is 16.3. The van der Waals surface area contributed by atoms with Gasteiger partial charge in [-0.15, -0.1) is 0 Å². The van der Waals surface area contributed by atoms with Crippen molar-refractivity contribution in [1.29, 1.82) is 0 Å². The Balaban J connectivity index is 1.10. The highest BCUT2D eigenvalue weighted by molar-refractivity contribution is 6.19. The van der Waals surface area contributed by atoms with E-state index < -0.39 is 0 Å². The highest BCUT2D eigenvalue weighted by Gasteiger charge is 2.35. The molecule has 0 unspecified atom stereocenters. The lowest BCUT2D eigenvalue weighted by Crippen LogP contribution is -2.16. The van der Waals surface area contributed by atoms with E-state index in [0.717, 1.165) is 33.6 Å². The zero-order valence-electron chi connectivity index (χ0n) is 28.6. The quantitative estimate of drug-likeness (QED) is 0.184. The lowest BCUT2D eigenvalue weighted by Gasteiger charge is -2.30. The molecule has 8 aromatic carbocycles. The summed E-state index contributed by atoms with van der Waals surface area (Å²) in [5, 5.41) is 4.75. The van der Waals surface area contributed by atoms with Gasteiger partial charge in [-0.3, -0.25) is 0 Å². The van der Waals surface area contributed by atoms with E-state index in [2.05, 4.69) is 183 Å². The van der Waals surface area contributed by atoms with Crippen molar-refractivity contribution in [2.45, 2.75) is 19.3 Å². The van der Waals surface area contributed by atoms with E-state index >= 15 is 0 Å². The fraction of sp³-hybridized carbons (Fsp3) is 0.0612. The third-order valence-electron chi connectivity index (χ3n) is 10.9. The number of furan rings is 1. The first-order valence-corrected chi connectivity index (χ1v) is 17.7. The molecule has 0 radical (unpaired) electrons. The van der Waals surface area contributed by atoms with Crippen LogP contribution in [0.2, 0.25) is 0 Å². The number of fused-ring (bicyclic) bond motifs is 8. The lowest BCUT2D eigenvalue weighted by molar-refractivity contribution is 0.660. The van der Waals surface area contributed by atoms with E-state index in [-0.39, 0.29) is 5.41 Å². The largest absolute Gasteiger partial charge is 0.456 e. The number of hydrogen-bond donors (Lipinski definition) is 0. The maximum Gasteiger partial charge on any atom is 0.136 e. The molecule has 2 nitrogen and oxygen atoms in total. The SMILES string of the molecule is CC1(C)c2ccccc2-c2ccc(N(c3ccc(-c4ccc5c(ccc6oc7ccccc7c65)c4)cc3)c3ccccc3-c3ccccc3)cc21. The zero-order chi connectivity index (χ0) is 34.1. The molecular formula is C49H35NO. The van der Waals surface area contributed by atoms with Crippen LogP contribution >= 0.6 is 0 Å². The minimum absolute atomic E-state index is 0.0964. The van der Waals surface area contributed by atoms with E-state index in [9.17, 15) is 0 Å². The zero-order valence-corrected chi connectivity index (χ0v) is 28.6. The van der Waals surface area contributed by atoms with Crippen molar-refractivity contribution in [2.24, 2.45) is 0 Å². The number of para-hydroxylation sites is 2. The van der Waals surface area contributed by atoms with Crippen molar-refractivity contribution in [3.63, 3.8) is 0 Å². The second kappa shape index (κ2) is 11.3. The van der Waals surface area contributed by atoms with E-state index in [1.165, 1.54) is 60.7 Å². The Labute approximate surface area is 297 Å². The Hall–Kier alpha value is -6.38.